The van der Waals surface area contributed by atoms with E-state index in [2.05, 4.69) is 5.32 Å². The van der Waals surface area contributed by atoms with Crippen LogP contribution < -0.4 is 5.32 Å². The van der Waals surface area contributed by atoms with Crippen LogP contribution in [0.1, 0.15) is 36.2 Å². The molecule has 4 nitrogen and oxygen atoms in total. The molecule has 0 aromatic heterocycles. The van der Waals surface area contributed by atoms with Crippen LogP contribution in [0.5, 0.6) is 0 Å². The summed E-state index contributed by atoms with van der Waals surface area (Å²) in [7, 11) is 0. The fourth-order valence-electron chi connectivity index (χ4n) is 1.77. The number of aryl methyl sites for hydroxylation is 1. The summed E-state index contributed by atoms with van der Waals surface area (Å²) in [5, 5.41) is 12.2. The highest BCUT2D eigenvalue weighted by atomic mass is 35.5. The van der Waals surface area contributed by atoms with Crippen molar-refractivity contribution in [3.8, 4) is 0 Å². The Bertz CT molecular complexity index is 486. The molecule has 0 fully saturated rings. The number of halogens is 1. The molecule has 104 valence electrons. The first-order valence-corrected chi connectivity index (χ1v) is 6.48. The van der Waals surface area contributed by atoms with Crippen molar-refractivity contribution in [3.05, 3.63) is 34.3 Å². The van der Waals surface area contributed by atoms with E-state index in [-0.39, 0.29) is 24.3 Å². The van der Waals surface area contributed by atoms with Gasteiger partial charge in [0, 0.05) is 16.6 Å². The summed E-state index contributed by atoms with van der Waals surface area (Å²) in [5.41, 5.74) is 1.28. The van der Waals surface area contributed by atoms with Crippen LogP contribution in [0, 0.1) is 12.8 Å². The van der Waals surface area contributed by atoms with Crippen LogP contribution in [0.2, 0.25) is 5.02 Å². The first kappa shape index (κ1) is 15.5. The third kappa shape index (κ3) is 4.56. The molecule has 5 heteroatoms. The zero-order valence-electron chi connectivity index (χ0n) is 11.2. The van der Waals surface area contributed by atoms with Crippen molar-refractivity contribution in [2.75, 3.05) is 0 Å². The number of carboxylic acids is 1. The van der Waals surface area contributed by atoms with E-state index in [0.717, 1.165) is 5.56 Å². The maximum absolute atomic E-state index is 12.1. The lowest BCUT2D eigenvalue weighted by Crippen LogP contribution is -2.40. The topological polar surface area (TPSA) is 66.4 Å². The Hall–Kier alpha value is -1.55. The predicted octanol–water partition coefficient (Wildman–Crippen LogP) is 2.88. The molecular weight excluding hydrogens is 266 g/mol. The van der Waals surface area contributed by atoms with E-state index in [1.807, 2.05) is 13.8 Å². The van der Waals surface area contributed by atoms with Gasteiger partial charge in [0.1, 0.15) is 0 Å². The highest BCUT2D eigenvalue weighted by molar-refractivity contribution is 6.30. The van der Waals surface area contributed by atoms with Gasteiger partial charge in [-0.1, -0.05) is 25.4 Å². The largest absolute Gasteiger partial charge is 0.481 e. The van der Waals surface area contributed by atoms with Crippen molar-refractivity contribution in [1.82, 2.24) is 5.32 Å². The van der Waals surface area contributed by atoms with Crippen molar-refractivity contribution in [2.45, 2.75) is 33.2 Å². The predicted molar refractivity (Wildman–Crippen MR) is 74.5 cm³/mol. The van der Waals surface area contributed by atoms with Gasteiger partial charge in [-0.05, 0) is 36.6 Å². The van der Waals surface area contributed by atoms with E-state index in [9.17, 15) is 9.59 Å². The average Bonchev–Trinajstić information content (AvgIpc) is 2.26. The molecule has 1 aromatic rings. The Kier molecular flexibility index (Phi) is 5.36. The molecule has 2 N–H and O–H groups in total. The van der Waals surface area contributed by atoms with Gasteiger partial charge in [-0.3, -0.25) is 9.59 Å². The Balaban J connectivity index is 2.84. The van der Waals surface area contributed by atoms with Crippen molar-refractivity contribution in [3.63, 3.8) is 0 Å². The van der Waals surface area contributed by atoms with Crippen LogP contribution >= 0.6 is 11.6 Å². The molecule has 0 radical (unpaired) electrons. The lowest BCUT2D eigenvalue weighted by atomic mass is 10.00. The van der Waals surface area contributed by atoms with E-state index in [4.69, 9.17) is 16.7 Å². The molecule has 1 rings (SSSR count). The van der Waals surface area contributed by atoms with Crippen molar-refractivity contribution >= 4 is 23.5 Å². The molecule has 0 bridgehead atoms. The lowest BCUT2D eigenvalue weighted by molar-refractivity contribution is -0.137. The second kappa shape index (κ2) is 6.57. The number of amides is 1. The molecular formula is C14H18ClNO3. The van der Waals surface area contributed by atoms with E-state index < -0.39 is 5.97 Å². The molecule has 0 aliphatic heterocycles. The number of benzene rings is 1. The van der Waals surface area contributed by atoms with Crippen LogP contribution in [-0.2, 0) is 4.79 Å². The quantitative estimate of drug-likeness (QED) is 0.873. The molecule has 1 unspecified atom stereocenters. The fourth-order valence-corrected chi connectivity index (χ4v) is 2.00. The molecule has 1 amide bonds. The third-order valence-electron chi connectivity index (χ3n) is 2.95. The first-order chi connectivity index (χ1) is 8.81. The molecule has 0 heterocycles. The standard InChI is InChI=1S/C14H18ClNO3/c1-8(2)12(7-13(17)18)16-14(19)11-5-4-10(15)6-9(11)3/h4-6,8,12H,7H2,1-3H3,(H,16,19)(H,17,18). The normalized spacial score (nSPS) is 12.3. The Morgan fingerprint density at radius 1 is 1.37 bits per heavy atom. The van der Waals surface area contributed by atoms with E-state index >= 15 is 0 Å². The monoisotopic (exact) mass is 283 g/mol. The highest BCUT2D eigenvalue weighted by Crippen LogP contribution is 2.16. The van der Waals surface area contributed by atoms with Gasteiger partial charge in [-0.15, -0.1) is 0 Å². The van der Waals surface area contributed by atoms with Crippen LogP contribution in [0.3, 0.4) is 0 Å². The molecule has 0 aliphatic rings. The van der Waals surface area contributed by atoms with E-state index in [1.165, 1.54) is 0 Å². The van der Waals surface area contributed by atoms with Gasteiger partial charge < -0.3 is 10.4 Å². The second-order valence-electron chi connectivity index (χ2n) is 4.88. The second-order valence-corrected chi connectivity index (χ2v) is 5.32. The summed E-state index contributed by atoms with van der Waals surface area (Å²) in [4.78, 5) is 22.9. The van der Waals surface area contributed by atoms with Crippen LogP contribution in [0.25, 0.3) is 0 Å². The summed E-state index contributed by atoms with van der Waals surface area (Å²) in [5.74, 6) is -1.14. The minimum atomic E-state index is -0.924. The zero-order chi connectivity index (χ0) is 14.6. The van der Waals surface area contributed by atoms with Crippen LogP contribution in [0.4, 0.5) is 0 Å². The summed E-state index contributed by atoms with van der Waals surface area (Å²) in [6.45, 7) is 5.55. The molecule has 0 saturated carbocycles. The Labute approximate surface area is 117 Å². The number of hydrogen-bond acceptors (Lipinski definition) is 2. The Morgan fingerprint density at radius 3 is 2.47 bits per heavy atom. The van der Waals surface area contributed by atoms with Gasteiger partial charge in [-0.2, -0.15) is 0 Å². The number of hydrogen-bond donors (Lipinski definition) is 2. The maximum Gasteiger partial charge on any atom is 0.305 e. The van der Waals surface area contributed by atoms with Crippen molar-refractivity contribution < 1.29 is 14.7 Å². The SMILES string of the molecule is Cc1cc(Cl)ccc1C(=O)NC(CC(=O)O)C(C)C. The molecule has 0 aliphatic carbocycles. The Morgan fingerprint density at radius 2 is 2.00 bits per heavy atom. The highest BCUT2D eigenvalue weighted by Gasteiger charge is 2.20. The van der Waals surface area contributed by atoms with Crippen molar-refractivity contribution in [1.29, 1.82) is 0 Å². The molecule has 1 atom stereocenters. The summed E-state index contributed by atoms with van der Waals surface area (Å²) >= 11 is 5.84. The van der Waals surface area contributed by atoms with Gasteiger partial charge >= 0.3 is 5.97 Å². The number of nitrogens with one attached hydrogen (secondary N) is 1. The minimum Gasteiger partial charge on any atom is -0.481 e. The van der Waals surface area contributed by atoms with Crippen LogP contribution in [0.15, 0.2) is 18.2 Å². The van der Waals surface area contributed by atoms with E-state index in [1.54, 1.807) is 25.1 Å². The lowest BCUT2D eigenvalue weighted by Gasteiger charge is -2.21. The molecule has 0 spiro atoms. The van der Waals surface area contributed by atoms with Gasteiger partial charge in [0.05, 0.1) is 6.42 Å². The average molecular weight is 284 g/mol. The molecule has 19 heavy (non-hydrogen) atoms. The number of rotatable bonds is 5. The fraction of sp³-hybridized carbons (Fsp3) is 0.429. The van der Waals surface area contributed by atoms with Gasteiger partial charge in [0.2, 0.25) is 0 Å². The molecule has 0 saturated heterocycles. The maximum atomic E-state index is 12.1. The van der Waals surface area contributed by atoms with Crippen LogP contribution in [-0.4, -0.2) is 23.0 Å². The third-order valence-corrected chi connectivity index (χ3v) is 3.18. The number of carbonyl (C=O) groups is 2. The van der Waals surface area contributed by atoms with Gasteiger partial charge in [0.15, 0.2) is 0 Å². The minimum absolute atomic E-state index is 0.0488. The summed E-state index contributed by atoms with van der Waals surface area (Å²) in [6, 6.07) is 4.61. The summed E-state index contributed by atoms with van der Waals surface area (Å²) < 4.78 is 0. The first-order valence-electron chi connectivity index (χ1n) is 6.10. The van der Waals surface area contributed by atoms with Gasteiger partial charge in [0.25, 0.3) is 5.91 Å². The number of aliphatic carboxylic acids is 1. The van der Waals surface area contributed by atoms with E-state index in [0.29, 0.717) is 10.6 Å². The summed E-state index contributed by atoms with van der Waals surface area (Å²) in [6.07, 6.45) is -0.0873. The number of carboxylic acid groups (broad SMARTS) is 1. The molecule has 1 aromatic carbocycles. The zero-order valence-corrected chi connectivity index (χ0v) is 12.0. The van der Waals surface area contributed by atoms with Crippen molar-refractivity contribution in [2.24, 2.45) is 5.92 Å². The number of carbonyl (C=O) groups excluding carboxylic acids is 1. The van der Waals surface area contributed by atoms with Gasteiger partial charge in [-0.25, -0.2) is 0 Å². The smallest absolute Gasteiger partial charge is 0.305 e.